The minimum absolute atomic E-state index is 0.789. The molecule has 2 atom stereocenters. The monoisotopic (exact) mass is 280 g/mol. The Kier molecular flexibility index (Phi) is 4.90. The first-order valence-electron chi connectivity index (χ1n) is 6.54. The van der Waals surface area contributed by atoms with Gasteiger partial charge in [0.25, 0.3) is 0 Å². The molecule has 1 fully saturated rings. The fourth-order valence-electron chi connectivity index (χ4n) is 2.70. The Bertz CT molecular complexity index is 294. The van der Waals surface area contributed by atoms with Crippen molar-refractivity contribution in [1.82, 2.24) is 0 Å². The quantitative estimate of drug-likeness (QED) is 0.684. The summed E-state index contributed by atoms with van der Waals surface area (Å²) in [6.45, 7) is 0. The van der Waals surface area contributed by atoms with Crippen molar-refractivity contribution in [3.05, 3.63) is 35.9 Å². The Hall–Kier alpha value is -0.300. The molecule has 0 radical (unpaired) electrons. The normalized spacial score (nSPS) is 25.6. The van der Waals surface area contributed by atoms with E-state index in [1.165, 1.54) is 50.5 Å². The van der Waals surface area contributed by atoms with Crippen LogP contribution in [0.2, 0.25) is 0 Å². The molecule has 0 heterocycles. The van der Waals surface area contributed by atoms with Gasteiger partial charge in [-0.25, -0.2) is 0 Å². The highest BCUT2D eigenvalue weighted by Crippen LogP contribution is 2.33. The largest absolute Gasteiger partial charge is 0.0888 e. The predicted octanol–water partition coefficient (Wildman–Crippen LogP) is 4.96. The summed E-state index contributed by atoms with van der Waals surface area (Å²) in [5.41, 5.74) is 1.49. The summed E-state index contributed by atoms with van der Waals surface area (Å²) in [4.78, 5) is 0.789. The van der Waals surface area contributed by atoms with Crippen molar-refractivity contribution < 1.29 is 0 Å². The summed E-state index contributed by atoms with van der Waals surface area (Å²) in [7, 11) is 0. The maximum Gasteiger partial charge on any atom is 0.0174 e. The second kappa shape index (κ2) is 6.44. The van der Waals surface area contributed by atoms with Crippen LogP contribution in [0.3, 0.4) is 0 Å². The second-order valence-electron chi connectivity index (χ2n) is 4.94. The third-order valence-electron chi connectivity index (χ3n) is 3.70. The number of rotatable bonds is 4. The van der Waals surface area contributed by atoms with Gasteiger partial charge in [0.05, 0.1) is 0 Å². The van der Waals surface area contributed by atoms with E-state index < -0.39 is 0 Å². The number of alkyl halides is 1. The number of hydrogen-bond donors (Lipinski definition) is 0. The standard InChI is InChI=1S/C15H21Br/c16-15-12-5-4-10-14(15)11-6-9-13-7-2-1-3-8-13/h1-3,7-8,14-15H,4-6,9-12H2/t14-,15-/m0/s1. The maximum atomic E-state index is 3.84. The van der Waals surface area contributed by atoms with Crippen LogP contribution < -0.4 is 0 Å². The van der Waals surface area contributed by atoms with Gasteiger partial charge >= 0.3 is 0 Å². The Labute approximate surface area is 108 Å². The van der Waals surface area contributed by atoms with Crippen LogP contribution in [-0.2, 0) is 6.42 Å². The molecule has 0 aliphatic heterocycles. The Morgan fingerprint density at radius 1 is 1.06 bits per heavy atom. The van der Waals surface area contributed by atoms with Crippen molar-refractivity contribution in [2.45, 2.75) is 49.8 Å². The van der Waals surface area contributed by atoms with Gasteiger partial charge in [-0.05, 0) is 43.6 Å². The van der Waals surface area contributed by atoms with Crippen LogP contribution in [0.25, 0.3) is 0 Å². The van der Waals surface area contributed by atoms with Crippen molar-refractivity contribution in [2.24, 2.45) is 5.92 Å². The lowest BCUT2D eigenvalue weighted by molar-refractivity contribution is 0.348. The fraction of sp³-hybridized carbons (Fsp3) is 0.600. The van der Waals surface area contributed by atoms with E-state index in [0.29, 0.717) is 0 Å². The summed E-state index contributed by atoms with van der Waals surface area (Å²) >= 11 is 3.84. The molecular formula is C15H21Br. The van der Waals surface area contributed by atoms with Crippen molar-refractivity contribution in [2.75, 3.05) is 0 Å². The van der Waals surface area contributed by atoms with E-state index in [-0.39, 0.29) is 0 Å². The van der Waals surface area contributed by atoms with Gasteiger partial charge in [-0.2, -0.15) is 0 Å². The molecule has 1 saturated carbocycles. The van der Waals surface area contributed by atoms with Crippen LogP contribution in [0, 0.1) is 5.92 Å². The molecule has 1 aromatic rings. The van der Waals surface area contributed by atoms with Crippen LogP contribution in [0.1, 0.15) is 44.1 Å². The molecule has 1 aliphatic carbocycles. The molecule has 0 saturated heterocycles. The number of halogens is 1. The molecule has 0 aromatic heterocycles. The van der Waals surface area contributed by atoms with Crippen LogP contribution in [0.15, 0.2) is 30.3 Å². The first-order valence-corrected chi connectivity index (χ1v) is 7.46. The molecule has 16 heavy (non-hydrogen) atoms. The molecule has 1 heteroatoms. The van der Waals surface area contributed by atoms with Crippen molar-refractivity contribution in [1.29, 1.82) is 0 Å². The molecule has 0 N–H and O–H groups in total. The highest BCUT2D eigenvalue weighted by molar-refractivity contribution is 9.09. The summed E-state index contributed by atoms with van der Waals surface area (Å²) in [5.74, 6) is 0.928. The molecule has 0 spiro atoms. The van der Waals surface area contributed by atoms with Crippen molar-refractivity contribution in [3.63, 3.8) is 0 Å². The van der Waals surface area contributed by atoms with Crippen molar-refractivity contribution in [3.8, 4) is 0 Å². The molecule has 0 amide bonds. The van der Waals surface area contributed by atoms with Gasteiger partial charge in [-0.3, -0.25) is 0 Å². The summed E-state index contributed by atoms with van der Waals surface area (Å²) < 4.78 is 0. The summed E-state index contributed by atoms with van der Waals surface area (Å²) in [6.07, 6.45) is 9.67. The Morgan fingerprint density at radius 2 is 1.81 bits per heavy atom. The van der Waals surface area contributed by atoms with Crippen LogP contribution in [-0.4, -0.2) is 4.83 Å². The molecule has 0 bridgehead atoms. The second-order valence-corrected chi connectivity index (χ2v) is 6.11. The smallest absolute Gasteiger partial charge is 0.0174 e. The van der Waals surface area contributed by atoms with E-state index >= 15 is 0 Å². The number of aryl methyl sites for hydroxylation is 1. The minimum Gasteiger partial charge on any atom is -0.0888 e. The molecule has 2 rings (SSSR count). The molecule has 1 aromatic carbocycles. The van der Waals surface area contributed by atoms with Gasteiger partial charge in [0.2, 0.25) is 0 Å². The first-order chi connectivity index (χ1) is 7.86. The van der Waals surface area contributed by atoms with Crippen molar-refractivity contribution >= 4 is 15.9 Å². The highest BCUT2D eigenvalue weighted by atomic mass is 79.9. The Balaban J connectivity index is 1.71. The third kappa shape index (κ3) is 3.62. The zero-order valence-electron chi connectivity index (χ0n) is 9.87. The van der Waals surface area contributed by atoms with Gasteiger partial charge in [-0.1, -0.05) is 59.1 Å². The fourth-order valence-corrected chi connectivity index (χ4v) is 3.55. The van der Waals surface area contributed by atoms with E-state index in [4.69, 9.17) is 0 Å². The van der Waals surface area contributed by atoms with Gasteiger partial charge < -0.3 is 0 Å². The maximum absolute atomic E-state index is 3.84. The lowest BCUT2D eigenvalue weighted by Crippen LogP contribution is -2.19. The summed E-state index contributed by atoms with van der Waals surface area (Å²) in [5, 5.41) is 0. The van der Waals surface area contributed by atoms with E-state index in [9.17, 15) is 0 Å². The van der Waals surface area contributed by atoms with E-state index in [1.807, 2.05) is 0 Å². The average Bonchev–Trinajstić information content (AvgIpc) is 2.33. The van der Waals surface area contributed by atoms with Crippen LogP contribution >= 0.6 is 15.9 Å². The zero-order chi connectivity index (χ0) is 11.2. The van der Waals surface area contributed by atoms with Crippen LogP contribution in [0.5, 0.6) is 0 Å². The molecule has 88 valence electrons. The molecular weight excluding hydrogens is 260 g/mol. The van der Waals surface area contributed by atoms with E-state index in [0.717, 1.165) is 10.7 Å². The number of hydrogen-bond acceptors (Lipinski definition) is 0. The number of benzene rings is 1. The van der Waals surface area contributed by atoms with Gasteiger partial charge in [0.15, 0.2) is 0 Å². The molecule has 0 nitrogen and oxygen atoms in total. The predicted molar refractivity (Wildman–Crippen MR) is 74.1 cm³/mol. The van der Waals surface area contributed by atoms with E-state index in [1.54, 1.807) is 0 Å². The first kappa shape index (κ1) is 12.2. The zero-order valence-corrected chi connectivity index (χ0v) is 11.5. The lowest BCUT2D eigenvalue weighted by atomic mass is 9.85. The highest BCUT2D eigenvalue weighted by Gasteiger charge is 2.21. The minimum atomic E-state index is 0.789. The topological polar surface area (TPSA) is 0 Å². The lowest BCUT2D eigenvalue weighted by Gasteiger charge is -2.27. The molecule has 1 aliphatic rings. The molecule has 0 unspecified atom stereocenters. The van der Waals surface area contributed by atoms with E-state index in [2.05, 4.69) is 46.3 Å². The average molecular weight is 281 g/mol. The third-order valence-corrected chi connectivity index (χ3v) is 4.90. The van der Waals surface area contributed by atoms with Crippen LogP contribution in [0.4, 0.5) is 0 Å². The Morgan fingerprint density at radius 3 is 2.56 bits per heavy atom. The van der Waals surface area contributed by atoms with Gasteiger partial charge in [0.1, 0.15) is 0 Å². The van der Waals surface area contributed by atoms with Gasteiger partial charge in [-0.15, -0.1) is 0 Å². The summed E-state index contributed by atoms with van der Waals surface area (Å²) in [6, 6.07) is 10.9. The SMILES string of the molecule is Br[C@H]1CCCC[C@H]1CCCc1ccccc1. The van der Waals surface area contributed by atoms with Gasteiger partial charge in [0, 0.05) is 4.83 Å².